The van der Waals surface area contributed by atoms with Gasteiger partial charge in [0.05, 0.1) is 11.8 Å². The Labute approximate surface area is 118 Å². The first-order valence-electron chi connectivity index (χ1n) is 6.17. The van der Waals surface area contributed by atoms with E-state index in [0.717, 1.165) is 0 Å². The molecule has 106 valence electrons. The average molecular weight is 286 g/mol. The number of carboxylic acid groups (broad SMARTS) is 1. The number of nitrogens with one attached hydrogen (secondary N) is 1. The molecule has 2 N–H and O–H groups in total. The molecule has 21 heavy (non-hydrogen) atoms. The number of carboxylic acids is 1. The summed E-state index contributed by atoms with van der Waals surface area (Å²) in [5.41, 5.74) is 0.0807. The molecule has 8 heteroatoms. The van der Waals surface area contributed by atoms with E-state index in [2.05, 4.69) is 15.5 Å². The van der Waals surface area contributed by atoms with Crippen molar-refractivity contribution in [3.63, 3.8) is 0 Å². The van der Waals surface area contributed by atoms with E-state index in [0.29, 0.717) is 10.8 Å². The van der Waals surface area contributed by atoms with Crippen LogP contribution in [0.15, 0.2) is 24.4 Å². The zero-order valence-corrected chi connectivity index (χ0v) is 10.7. The van der Waals surface area contributed by atoms with E-state index in [4.69, 9.17) is 0 Å². The van der Waals surface area contributed by atoms with E-state index >= 15 is 0 Å². The number of carbonyl (C=O) groups is 3. The molecule has 0 aliphatic carbocycles. The summed E-state index contributed by atoms with van der Waals surface area (Å²) in [7, 11) is 0. The highest BCUT2D eigenvalue weighted by molar-refractivity contribution is 6.11. The number of hydrogen-bond donors (Lipinski definition) is 2. The van der Waals surface area contributed by atoms with Crippen LogP contribution in [0.25, 0.3) is 10.8 Å². The molecule has 8 nitrogen and oxygen atoms in total. The van der Waals surface area contributed by atoms with Crippen LogP contribution in [0.5, 0.6) is 0 Å². The third kappa shape index (κ3) is 2.16. The zero-order valence-electron chi connectivity index (χ0n) is 10.7. The third-order valence-electron chi connectivity index (χ3n) is 3.23. The Morgan fingerprint density at radius 2 is 2.10 bits per heavy atom. The van der Waals surface area contributed by atoms with Crippen LogP contribution in [0.1, 0.15) is 16.8 Å². The van der Waals surface area contributed by atoms with Crippen LogP contribution in [-0.4, -0.2) is 39.8 Å². The largest absolute Gasteiger partial charge is 0.478 e. The van der Waals surface area contributed by atoms with Gasteiger partial charge in [0, 0.05) is 23.7 Å². The summed E-state index contributed by atoms with van der Waals surface area (Å²) in [5, 5.41) is 19.9. The maximum absolute atomic E-state index is 11.9. The first-order chi connectivity index (χ1) is 10.1. The van der Waals surface area contributed by atoms with Gasteiger partial charge in [-0.3, -0.25) is 15.0 Å². The van der Waals surface area contributed by atoms with Gasteiger partial charge < -0.3 is 5.11 Å². The van der Waals surface area contributed by atoms with Gasteiger partial charge in [0.2, 0.25) is 5.91 Å². The molecule has 0 spiro atoms. The van der Waals surface area contributed by atoms with Crippen LogP contribution in [0, 0.1) is 0 Å². The van der Waals surface area contributed by atoms with Gasteiger partial charge in [0.25, 0.3) is 0 Å². The number of anilines is 1. The van der Waals surface area contributed by atoms with Crippen molar-refractivity contribution < 1.29 is 19.5 Å². The predicted molar refractivity (Wildman–Crippen MR) is 72.0 cm³/mol. The molecule has 2 heterocycles. The Hall–Kier alpha value is -3.03. The van der Waals surface area contributed by atoms with Crippen molar-refractivity contribution >= 4 is 34.5 Å². The Morgan fingerprint density at radius 3 is 2.81 bits per heavy atom. The number of aromatic carboxylic acids is 1. The average Bonchev–Trinajstić information content (AvgIpc) is 2.46. The van der Waals surface area contributed by atoms with E-state index in [9.17, 15) is 19.5 Å². The topological polar surface area (TPSA) is 112 Å². The lowest BCUT2D eigenvalue weighted by molar-refractivity contribution is -0.120. The van der Waals surface area contributed by atoms with Gasteiger partial charge in [-0.25, -0.2) is 9.59 Å². The summed E-state index contributed by atoms with van der Waals surface area (Å²) >= 11 is 0. The van der Waals surface area contributed by atoms with Gasteiger partial charge in [0.15, 0.2) is 5.82 Å². The van der Waals surface area contributed by atoms with Crippen molar-refractivity contribution in [2.75, 3.05) is 11.4 Å². The molecule has 1 aliphatic rings. The van der Waals surface area contributed by atoms with E-state index in [1.807, 2.05) is 0 Å². The van der Waals surface area contributed by atoms with E-state index < -0.39 is 12.0 Å². The fourth-order valence-corrected chi connectivity index (χ4v) is 2.25. The molecule has 3 rings (SSSR count). The number of carbonyl (C=O) groups excluding carboxylic acids is 2. The number of benzene rings is 1. The van der Waals surface area contributed by atoms with Gasteiger partial charge >= 0.3 is 12.0 Å². The molecule has 0 atom stereocenters. The lowest BCUT2D eigenvalue weighted by Gasteiger charge is -2.26. The van der Waals surface area contributed by atoms with Crippen molar-refractivity contribution in [2.24, 2.45) is 0 Å². The van der Waals surface area contributed by atoms with Gasteiger partial charge in [-0.1, -0.05) is 12.1 Å². The van der Waals surface area contributed by atoms with E-state index in [-0.39, 0.29) is 30.3 Å². The van der Waals surface area contributed by atoms with Crippen molar-refractivity contribution in [3.8, 4) is 0 Å². The highest BCUT2D eigenvalue weighted by Crippen LogP contribution is 2.27. The number of fused-ring (bicyclic) bond motifs is 1. The molecule has 0 bridgehead atoms. The Balaban J connectivity index is 2.16. The fraction of sp³-hybridized carbons (Fsp3) is 0.154. The number of hydrogen-bond acceptors (Lipinski definition) is 5. The van der Waals surface area contributed by atoms with Gasteiger partial charge in [-0.15, -0.1) is 5.10 Å². The summed E-state index contributed by atoms with van der Waals surface area (Å²) in [4.78, 5) is 35.6. The number of amides is 3. The molecule has 1 saturated heterocycles. The minimum absolute atomic E-state index is 0.0807. The second-order valence-electron chi connectivity index (χ2n) is 4.50. The number of aromatic nitrogens is 2. The van der Waals surface area contributed by atoms with Crippen molar-refractivity contribution in [2.45, 2.75) is 6.42 Å². The molecule has 1 aliphatic heterocycles. The maximum atomic E-state index is 11.9. The van der Waals surface area contributed by atoms with Crippen LogP contribution in [0.3, 0.4) is 0 Å². The number of urea groups is 1. The molecule has 3 amide bonds. The first-order valence-corrected chi connectivity index (χ1v) is 6.17. The molecule has 0 radical (unpaired) electrons. The molecular formula is C13H10N4O4. The molecule has 1 fully saturated rings. The van der Waals surface area contributed by atoms with E-state index in [1.54, 1.807) is 12.1 Å². The quantitative estimate of drug-likeness (QED) is 0.843. The normalized spacial score (nSPS) is 15.1. The van der Waals surface area contributed by atoms with Gasteiger partial charge in [-0.05, 0) is 6.07 Å². The maximum Gasteiger partial charge on any atom is 0.336 e. The molecule has 0 unspecified atom stereocenters. The predicted octanol–water partition coefficient (Wildman–Crippen LogP) is 0.774. The fourth-order valence-electron chi connectivity index (χ4n) is 2.25. The van der Waals surface area contributed by atoms with Crippen LogP contribution >= 0.6 is 0 Å². The SMILES string of the molecule is O=C1CCN(c2nncc3c(C(=O)O)cccc23)C(=O)N1. The Bertz CT molecular complexity index is 774. The van der Waals surface area contributed by atoms with Crippen LogP contribution < -0.4 is 10.2 Å². The molecule has 0 saturated carbocycles. The van der Waals surface area contributed by atoms with E-state index in [1.165, 1.54) is 17.2 Å². The minimum Gasteiger partial charge on any atom is -0.478 e. The number of nitrogens with zero attached hydrogens (tertiary/aromatic N) is 3. The number of imide groups is 1. The molecule has 1 aromatic heterocycles. The molecule has 1 aromatic carbocycles. The second-order valence-corrected chi connectivity index (χ2v) is 4.50. The van der Waals surface area contributed by atoms with Crippen molar-refractivity contribution in [1.29, 1.82) is 0 Å². The van der Waals surface area contributed by atoms with Crippen molar-refractivity contribution in [1.82, 2.24) is 15.5 Å². The highest BCUT2D eigenvalue weighted by Gasteiger charge is 2.27. The smallest absolute Gasteiger partial charge is 0.336 e. The summed E-state index contributed by atoms with van der Waals surface area (Å²) in [6, 6.07) is 4.10. The number of rotatable bonds is 2. The van der Waals surface area contributed by atoms with Crippen LogP contribution in [-0.2, 0) is 4.79 Å². The molecule has 2 aromatic rings. The third-order valence-corrected chi connectivity index (χ3v) is 3.23. The summed E-state index contributed by atoms with van der Waals surface area (Å²) in [5.74, 6) is -1.20. The van der Waals surface area contributed by atoms with Gasteiger partial charge in [-0.2, -0.15) is 5.10 Å². The highest BCUT2D eigenvalue weighted by atomic mass is 16.4. The van der Waals surface area contributed by atoms with Crippen molar-refractivity contribution in [3.05, 3.63) is 30.0 Å². The Kier molecular flexibility index (Phi) is 2.98. The standard InChI is InChI=1S/C13H10N4O4/c18-10-4-5-17(13(21)15-10)11-7-2-1-3-8(12(19)20)9(7)6-14-16-11/h1-3,6H,4-5H2,(H,19,20)(H,15,18,21). The molecular weight excluding hydrogens is 276 g/mol. The monoisotopic (exact) mass is 286 g/mol. The minimum atomic E-state index is -1.09. The van der Waals surface area contributed by atoms with Gasteiger partial charge in [0.1, 0.15) is 0 Å². The summed E-state index contributed by atoms with van der Waals surface area (Å²) in [6.07, 6.45) is 1.50. The lowest BCUT2D eigenvalue weighted by Crippen LogP contribution is -2.50. The second kappa shape index (κ2) is 4.82. The van der Waals surface area contributed by atoms with Crippen LogP contribution in [0.2, 0.25) is 0 Å². The Morgan fingerprint density at radius 1 is 1.29 bits per heavy atom. The summed E-state index contributed by atoms with van der Waals surface area (Å²) < 4.78 is 0. The first kappa shape index (κ1) is 13.0. The lowest BCUT2D eigenvalue weighted by atomic mass is 10.1. The zero-order chi connectivity index (χ0) is 15.0. The van der Waals surface area contributed by atoms with Crippen LogP contribution in [0.4, 0.5) is 10.6 Å². The summed E-state index contributed by atoms with van der Waals surface area (Å²) in [6.45, 7) is 0.176.